The van der Waals surface area contributed by atoms with Gasteiger partial charge in [0.05, 0.1) is 10.0 Å². The van der Waals surface area contributed by atoms with E-state index in [0.717, 1.165) is 15.6 Å². The summed E-state index contributed by atoms with van der Waals surface area (Å²) in [5.41, 5.74) is 3.15. The van der Waals surface area contributed by atoms with Crippen molar-refractivity contribution >= 4 is 56.8 Å². The molecular weight excluding hydrogens is 587 g/mol. The molecular formula is C30H21BrCl2N2O3. The van der Waals surface area contributed by atoms with E-state index in [1.807, 2.05) is 36.4 Å². The van der Waals surface area contributed by atoms with Crippen LogP contribution in [0.1, 0.15) is 16.7 Å². The van der Waals surface area contributed by atoms with Crippen LogP contribution >= 0.6 is 39.1 Å². The summed E-state index contributed by atoms with van der Waals surface area (Å²) in [5.74, 6) is 0.804. The van der Waals surface area contributed by atoms with Crippen LogP contribution in [0.15, 0.2) is 101 Å². The molecule has 0 saturated carbocycles. The molecule has 0 aliphatic rings. The van der Waals surface area contributed by atoms with E-state index in [0.29, 0.717) is 46.0 Å². The molecule has 1 amide bonds. The number of nitrogens with zero attached hydrogens (tertiary/aromatic N) is 1. The SMILES string of the molecule is N#C/C(=C\c1ccc(OCc2ccc(Cl)c(Cl)c2)cc1)C(=O)Nc1ccc(OCc2ccc(Br)cc2)cc1. The van der Waals surface area contributed by atoms with Crippen molar-refractivity contribution in [2.45, 2.75) is 13.2 Å². The second kappa shape index (κ2) is 13.2. The summed E-state index contributed by atoms with van der Waals surface area (Å²) in [5, 5.41) is 13.2. The molecule has 0 aliphatic heterocycles. The lowest BCUT2D eigenvalue weighted by atomic mass is 10.1. The lowest BCUT2D eigenvalue weighted by Crippen LogP contribution is -2.13. The minimum absolute atomic E-state index is 0.0231. The number of hydrogen-bond donors (Lipinski definition) is 1. The van der Waals surface area contributed by atoms with Crippen LogP contribution in [0.2, 0.25) is 10.0 Å². The molecule has 4 aromatic rings. The van der Waals surface area contributed by atoms with Crippen LogP contribution < -0.4 is 14.8 Å². The quantitative estimate of drug-likeness (QED) is 0.153. The average molecular weight is 608 g/mol. The van der Waals surface area contributed by atoms with Crippen molar-refractivity contribution in [1.82, 2.24) is 0 Å². The Balaban J connectivity index is 1.31. The maximum atomic E-state index is 12.7. The van der Waals surface area contributed by atoms with E-state index in [1.165, 1.54) is 6.08 Å². The minimum Gasteiger partial charge on any atom is -0.489 e. The molecule has 0 unspecified atom stereocenters. The van der Waals surface area contributed by atoms with Crippen molar-refractivity contribution in [2.24, 2.45) is 0 Å². The number of rotatable bonds is 9. The first-order chi connectivity index (χ1) is 18.4. The molecule has 0 aliphatic carbocycles. The highest BCUT2D eigenvalue weighted by Gasteiger charge is 2.10. The summed E-state index contributed by atoms with van der Waals surface area (Å²) in [4.78, 5) is 12.7. The Morgan fingerprint density at radius 1 is 0.816 bits per heavy atom. The Morgan fingerprint density at radius 2 is 1.39 bits per heavy atom. The van der Waals surface area contributed by atoms with E-state index in [-0.39, 0.29) is 5.57 Å². The van der Waals surface area contributed by atoms with Gasteiger partial charge in [-0.15, -0.1) is 0 Å². The first-order valence-corrected chi connectivity index (χ1v) is 13.0. The maximum absolute atomic E-state index is 12.7. The monoisotopic (exact) mass is 606 g/mol. The zero-order valence-electron chi connectivity index (χ0n) is 20.0. The number of ether oxygens (including phenoxy) is 2. The molecule has 0 saturated heterocycles. The molecule has 8 heteroatoms. The predicted molar refractivity (Wildman–Crippen MR) is 154 cm³/mol. The van der Waals surface area contributed by atoms with Gasteiger partial charge in [0, 0.05) is 10.2 Å². The number of carbonyl (C=O) groups excluding carboxylic acids is 1. The normalized spacial score (nSPS) is 10.9. The number of hydrogen-bond acceptors (Lipinski definition) is 4. The Hall–Kier alpha value is -3.76. The fourth-order valence-corrected chi connectivity index (χ4v) is 3.94. The van der Waals surface area contributed by atoms with E-state index in [2.05, 4.69) is 21.2 Å². The number of benzene rings is 4. The first-order valence-electron chi connectivity index (χ1n) is 11.5. The van der Waals surface area contributed by atoms with Gasteiger partial charge < -0.3 is 14.8 Å². The molecule has 0 heterocycles. The van der Waals surface area contributed by atoms with Crippen molar-refractivity contribution in [2.75, 3.05) is 5.32 Å². The third-order valence-electron chi connectivity index (χ3n) is 5.38. The van der Waals surface area contributed by atoms with Gasteiger partial charge in [0.15, 0.2) is 0 Å². The van der Waals surface area contributed by atoms with Crippen molar-refractivity contribution in [3.05, 3.63) is 128 Å². The van der Waals surface area contributed by atoms with E-state index in [9.17, 15) is 10.1 Å². The fourth-order valence-electron chi connectivity index (χ4n) is 3.35. The second-order valence-corrected chi connectivity index (χ2v) is 9.90. The summed E-state index contributed by atoms with van der Waals surface area (Å²) in [6, 6.07) is 29.2. The molecule has 0 atom stereocenters. The molecule has 0 fully saturated rings. The van der Waals surface area contributed by atoms with Gasteiger partial charge in [-0.1, -0.05) is 69.5 Å². The van der Waals surface area contributed by atoms with Crippen LogP contribution in [0.5, 0.6) is 11.5 Å². The van der Waals surface area contributed by atoms with Gasteiger partial charge in [-0.05, 0) is 83.4 Å². The van der Waals surface area contributed by atoms with Crippen LogP contribution in [0, 0.1) is 11.3 Å². The zero-order valence-corrected chi connectivity index (χ0v) is 23.1. The minimum atomic E-state index is -0.504. The van der Waals surface area contributed by atoms with Crippen LogP contribution in [0.3, 0.4) is 0 Å². The Labute approximate surface area is 239 Å². The summed E-state index contributed by atoms with van der Waals surface area (Å²) in [6.07, 6.45) is 1.52. The molecule has 0 spiro atoms. The fraction of sp³-hybridized carbons (Fsp3) is 0.0667. The largest absolute Gasteiger partial charge is 0.489 e. The third kappa shape index (κ3) is 7.87. The summed E-state index contributed by atoms with van der Waals surface area (Å²) >= 11 is 15.4. The van der Waals surface area contributed by atoms with E-state index < -0.39 is 5.91 Å². The van der Waals surface area contributed by atoms with Crippen LogP contribution in [-0.4, -0.2) is 5.91 Å². The molecule has 1 N–H and O–H groups in total. The van der Waals surface area contributed by atoms with Crippen molar-refractivity contribution in [3.63, 3.8) is 0 Å². The smallest absolute Gasteiger partial charge is 0.266 e. The highest BCUT2D eigenvalue weighted by atomic mass is 79.9. The van der Waals surface area contributed by atoms with Crippen molar-refractivity contribution in [3.8, 4) is 17.6 Å². The molecule has 0 aromatic heterocycles. The van der Waals surface area contributed by atoms with E-state index in [4.69, 9.17) is 32.7 Å². The van der Waals surface area contributed by atoms with E-state index >= 15 is 0 Å². The molecule has 38 heavy (non-hydrogen) atoms. The molecule has 190 valence electrons. The van der Waals surface area contributed by atoms with Gasteiger partial charge >= 0.3 is 0 Å². The second-order valence-electron chi connectivity index (χ2n) is 8.17. The topological polar surface area (TPSA) is 71.3 Å². The lowest BCUT2D eigenvalue weighted by molar-refractivity contribution is -0.112. The van der Waals surface area contributed by atoms with Gasteiger partial charge in [0.2, 0.25) is 0 Å². The number of nitrogens with one attached hydrogen (secondary N) is 1. The average Bonchev–Trinajstić information content (AvgIpc) is 2.93. The maximum Gasteiger partial charge on any atom is 0.266 e. The number of carbonyl (C=O) groups is 1. The number of anilines is 1. The predicted octanol–water partition coefficient (Wildman–Crippen LogP) is 8.46. The van der Waals surface area contributed by atoms with Gasteiger partial charge in [-0.2, -0.15) is 5.26 Å². The Morgan fingerprint density at radius 3 is 2.00 bits per heavy atom. The van der Waals surface area contributed by atoms with Crippen molar-refractivity contribution < 1.29 is 14.3 Å². The van der Waals surface area contributed by atoms with E-state index in [1.54, 1.807) is 60.7 Å². The molecule has 0 bridgehead atoms. The molecule has 4 aromatic carbocycles. The summed E-state index contributed by atoms with van der Waals surface area (Å²) in [6.45, 7) is 0.756. The number of nitriles is 1. The molecule has 0 radical (unpaired) electrons. The van der Waals surface area contributed by atoms with Crippen molar-refractivity contribution in [1.29, 1.82) is 5.26 Å². The van der Waals surface area contributed by atoms with Gasteiger partial charge in [0.25, 0.3) is 5.91 Å². The highest BCUT2D eigenvalue weighted by molar-refractivity contribution is 9.10. The molecule has 5 nitrogen and oxygen atoms in total. The van der Waals surface area contributed by atoms with Gasteiger partial charge in [-0.25, -0.2) is 0 Å². The first kappa shape index (κ1) is 27.3. The number of amides is 1. The number of halogens is 3. The summed E-state index contributed by atoms with van der Waals surface area (Å²) in [7, 11) is 0. The van der Waals surface area contributed by atoms with Crippen LogP contribution in [0.25, 0.3) is 6.08 Å². The van der Waals surface area contributed by atoms with Gasteiger partial charge in [-0.3, -0.25) is 4.79 Å². The standard InChI is InChI=1S/C30H21BrCl2N2O3/c31-24-6-1-21(2-7-24)18-37-27-12-8-25(9-13-27)35-30(36)23(17-34)15-20-3-10-26(11-4-20)38-19-22-5-14-28(32)29(33)16-22/h1-16H,18-19H2,(H,35,36)/b23-15+. The van der Waals surface area contributed by atoms with Crippen LogP contribution in [0.4, 0.5) is 5.69 Å². The summed E-state index contributed by atoms with van der Waals surface area (Å²) < 4.78 is 12.6. The third-order valence-corrected chi connectivity index (χ3v) is 6.64. The van der Waals surface area contributed by atoms with Crippen LogP contribution in [-0.2, 0) is 18.0 Å². The lowest BCUT2D eigenvalue weighted by Gasteiger charge is -2.09. The molecule has 4 rings (SSSR count). The zero-order chi connectivity index (χ0) is 26.9. The van der Waals surface area contributed by atoms with Gasteiger partial charge in [0.1, 0.15) is 36.4 Å². The highest BCUT2D eigenvalue weighted by Crippen LogP contribution is 2.24. The Kier molecular flexibility index (Phi) is 9.45. The Bertz CT molecular complexity index is 1480.